The molecule has 0 saturated heterocycles. The average molecular weight is 352 g/mol. The maximum Gasteiger partial charge on any atom is 0.309 e. The molecule has 0 aliphatic rings. The van der Waals surface area contributed by atoms with Crippen molar-refractivity contribution in [2.24, 2.45) is 5.92 Å². The summed E-state index contributed by atoms with van der Waals surface area (Å²) in [5, 5.41) is 21.7. The number of carbonyl (C=O) groups excluding carboxylic acids is 2. The molecule has 124 valence electrons. The molecule has 5 nitrogen and oxygen atoms in total. The smallest absolute Gasteiger partial charge is 0.309 e. The third-order valence-corrected chi connectivity index (χ3v) is 5.01. The normalized spacial score (nSPS) is 13.6. The molecule has 2 amide bonds. The summed E-state index contributed by atoms with van der Waals surface area (Å²) in [7, 11) is 0. The van der Waals surface area contributed by atoms with Crippen LogP contribution in [0.4, 0.5) is 0 Å². The summed E-state index contributed by atoms with van der Waals surface area (Å²) in [6.45, 7) is 4.28. The van der Waals surface area contributed by atoms with E-state index in [1.54, 1.807) is 0 Å². The van der Waals surface area contributed by atoms with Gasteiger partial charge in [-0.1, -0.05) is 19.9 Å². The van der Waals surface area contributed by atoms with Gasteiger partial charge in [-0.2, -0.15) is 11.3 Å². The Balaban J connectivity index is 2.05. The molecule has 2 aromatic rings. The van der Waals surface area contributed by atoms with E-state index in [1.165, 1.54) is 22.7 Å². The number of hydrogen-bond donors (Lipinski definition) is 3. The summed E-state index contributed by atoms with van der Waals surface area (Å²) in [5.41, 5.74) is -0.629. The summed E-state index contributed by atoms with van der Waals surface area (Å²) in [4.78, 5) is 24.4. The van der Waals surface area contributed by atoms with Gasteiger partial charge in [0, 0.05) is 17.0 Å². The molecular weight excluding hydrogens is 332 g/mol. The van der Waals surface area contributed by atoms with Crippen LogP contribution in [0.2, 0.25) is 0 Å². The summed E-state index contributed by atoms with van der Waals surface area (Å²) in [5.74, 6) is -1.16. The van der Waals surface area contributed by atoms with Crippen molar-refractivity contribution in [3.8, 4) is 0 Å². The first-order valence-electron chi connectivity index (χ1n) is 7.28. The van der Waals surface area contributed by atoms with Crippen LogP contribution >= 0.6 is 22.7 Å². The SMILES string of the molecule is CC(C)CNC(=O)C(=O)NCC(O)(c1ccsc1)c1cccs1. The van der Waals surface area contributed by atoms with Gasteiger partial charge in [0.2, 0.25) is 0 Å². The Hall–Kier alpha value is -1.70. The topological polar surface area (TPSA) is 78.4 Å². The first-order chi connectivity index (χ1) is 10.9. The number of thiophene rings is 2. The second-order valence-corrected chi connectivity index (χ2v) is 7.36. The number of carbonyl (C=O) groups is 2. The monoisotopic (exact) mass is 352 g/mol. The molecular formula is C16H20N2O3S2. The Morgan fingerprint density at radius 1 is 1.22 bits per heavy atom. The number of hydrogen-bond acceptors (Lipinski definition) is 5. The van der Waals surface area contributed by atoms with E-state index < -0.39 is 17.4 Å². The number of aliphatic hydroxyl groups is 1. The van der Waals surface area contributed by atoms with E-state index in [0.717, 1.165) is 4.88 Å². The van der Waals surface area contributed by atoms with Crippen LogP contribution in [0.25, 0.3) is 0 Å². The molecule has 2 rings (SSSR count). The van der Waals surface area contributed by atoms with E-state index >= 15 is 0 Å². The van der Waals surface area contributed by atoms with Crippen molar-refractivity contribution in [1.29, 1.82) is 0 Å². The molecule has 2 heterocycles. The van der Waals surface area contributed by atoms with Crippen molar-refractivity contribution in [2.75, 3.05) is 13.1 Å². The fourth-order valence-electron chi connectivity index (χ4n) is 2.01. The minimum Gasteiger partial charge on any atom is -0.378 e. The summed E-state index contributed by atoms with van der Waals surface area (Å²) >= 11 is 2.87. The van der Waals surface area contributed by atoms with Crippen LogP contribution in [0.15, 0.2) is 34.3 Å². The van der Waals surface area contributed by atoms with Crippen molar-refractivity contribution in [3.63, 3.8) is 0 Å². The molecule has 0 aliphatic heterocycles. The van der Waals surface area contributed by atoms with Gasteiger partial charge >= 0.3 is 11.8 Å². The zero-order valence-corrected chi connectivity index (χ0v) is 14.7. The summed E-state index contributed by atoms with van der Waals surface area (Å²) < 4.78 is 0. The highest BCUT2D eigenvalue weighted by Crippen LogP contribution is 2.33. The Bertz CT molecular complexity index is 602. The van der Waals surface area contributed by atoms with Crippen LogP contribution in [-0.4, -0.2) is 30.0 Å². The highest BCUT2D eigenvalue weighted by molar-refractivity contribution is 7.10. The summed E-state index contributed by atoms with van der Waals surface area (Å²) in [6.07, 6.45) is 0. The predicted octanol–water partition coefficient (Wildman–Crippen LogP) is 1.93. The van der Waals surface area contributed by atoms with Gasteiger partial charge in [-0.15, -0.1) is 11.3 Å². The Morgan fingerprint density at radius 2 is 1.96 bits per heavy atom. The van der Waals surface area contributed by atoms with Crippen LogP contribution in [0.3, 0.4) is 0 Å². The van der Waals surface area contributed by atoms with Gasteiger partial charge in [-0.05, 0) is 34.2 Å². The fraction of sp³-hybridized carbons (Fsp3) is 0.375. The molecule has 0 radical (unpaired) electrons. The molecule has 1 unspecified atom stereocenters. The zero-order chi connectivity index (χ0) is 16.9. The fourth-order valence-corrected chi connectivity index (χ4v) is 3.58. The number of nitrogens with one attached hydrogen (secondary N) is 2. The molecule has 0 bridgehead atoms. The van der Waals surface area contributed by atoms with Crippen molar-refractivity contribution in [3.05, 3.63) is 44.8 Å². The van der Waals surface area contributed by atoms with Crippen LogP contribution in [-0.2, 0) is 15.2 Å². The minimum absolute atomic E-state index is 0.0574. The van der Waals surface area contributed by atoms with E-state index in [2.05, 4.69) is 10.6 Å². The van der Waals surface area contributed by atoms with Gasteiger partial charge in [0.05, 0.1) is 6.54 Å². The van der Waals surface area contributed by atoms with Gasteiger partial charge in [-0.25, -0.2) is 0 Å². The molecule has 0 spiro atoms. The molecule has 2 aromatic heterocycles. The van der Waals surface area contributed by atoms with Crippen molar-refractivity contribution in [1.82, 2.24) is 10.6 Å². The lowest BCUT2D eigenvalue weighted by molar-refractivity contribution is -0.139. The molecule has 0 saturated carbocycles. The molecule has 23 heavy (non-hydrogen) atoms. The predicted molar refractivity (Wildman–Crippen MR) is 92.5 cm³/mol. The van der Waals surface area contributed by atoms with E-state index in [9.17, 15) is 14.7 Å². The van der Waals surface area contributed by atoms with Crippen LogP contribution < -0.4 is 10.6 Å². The van der Waals surface area contributed by atoms with Crippen LogP contribution in [0.1, 0.15) is 24.3 Å². The molecule has 0 aliphatic carbocycles. The molecule has 0 fully saturated rings. The lowest BCUT2D eigenvalue weighted by atomic mass is 9.94. The average Bonchev–Trinajstić information content (AvgIpc) is 3.22. The van der Waals surface area contributed by atoms with Crippen molar-refractivity contribution < 1.29 is 14.7 Å². The van der Waals surface area contributed by atoms with Crippen molar-refractivity contribution in [2.45, 2.75) is 19.4 Å². The van der Waals surface area contributed by atoms with E-state index in [-0.39, 0.29) is 12.5 Å². The standard InChI is InChI=1S/C16H20N2O3S2/c1-11(2)8-17-14(19)15(20)18-10-16(21,12-5-7-22-9-12)13-4-3-6-23-13/h3-7,9,11,21H,8,10H2,1-2H3,(H,17,19)(H,18,20). The first-order valence-corrected chi connectivity index (χ1v) is 9.11. The zero-order valence-electron chi connectivity index (χ0n) is 13.0. The molecule has 3 N–H and O–H groups in total. The number of amides is 2. The maximum atomic E-state index is 11.9. The Labute approximate surface area is 143 Å². The Kier molecular flexibility index (Phi) is 5.92. The number of rotatable bonds is 6. The highest BCUT2D eigenvalue weighted by Gasteiger charge is 2.34. The van der Waals surface area contributed by atoms with Crippen molar-refractivity contribution >= 4 is 34.5 Å². The first kappa shape index (κ1) is 17.7. The third kappa shape index (κ3) is 4.40. The lowest BCUT2D eigenvalue weighted by Crippen LogP contribution is -2.47. The second-order valence-electron chi connectivity index (χ2n) is 5.64. The second kappa shape index (κ2) is 7.72. The largest absolute Gasteiger partial charge is 0.378 e. The van der Waals surface area contributed by atoms with Gasteiger partial charge in [-0.3, -0.25) is 9.59 Å². The van der Waals surface area contributed by atoms with Crippen LogP contribution in [0.5, 0.6) is 0 Å². The van der Waals surface area contributed by atoms with Gasteiger partial charge < -0.3 is 15.7 Å². The quantitative estimate of drug-likeness (QED) is 0.695. The van der Waals surface area contributed by atoms with Crippen LogP contribution in [0, 0.1) is 5.92 Å². The lowest BCUT2D eigenvalue weighted by Gasteiger charge is -2.26. The van der Waals surface area contributed by atoms with E-state index in [0.29, 0.717) is 12.1 Å². The minimum atomic E-state index is -1.33. The van der Waals surface area contributed by atoms with Gasteiger partial charge in [0.15, 0.2) is 0 Å². The van der Waals surface area contributed by atoms with E-state index in [1.807, 2.05) is 48.2 Å². The van der Waals surface area contributed by atoms with E-state index in [4.69, 9.17) is 0 Å². The van der Waals surface area contributed by atoms with Gasteiger partial charge in [0.25, 0.3) is 0 Å². The molecule has 0 aromatic carbocycles. The summed E-state index contributed by atoms with van der Waals surface area (Å²) in [6, 6.07) is 5.47. The molecule has 1 atom stereocenters. The third-order valence-electron chi connectivity index (χ3n) is 3.31. The molecule has 7 heteroatoms. The maximum absolute atomic E-state index is 11.9. The Morgan fingerprint density at radius 3 is 2.52 bits per heavy atom. The highest BCUT2D eigenvalue weighted by atomic mass is 32.1. The van der Waals surface area contributed by atoms with Gasteiger partial charge in [0.1, 0.15) is 5.60 Å².